The molecule has 2 aromatic rings. The van der Waals surface area contributed by atoms with Crippen molar-refractivity contribution in [3.05, 3.63) is 29.6 Å². The van der Waals surface area contributed by atoms with E-state index in [0.717, 1.165) is 24.7 Å². The molecule has 0 bridgehead atoms. The van der Waals surface area contributed by atoms with Gasteiger partial charge in [-0.3, -0.25) is 5.10 Å². The van der Waals surface area contributed by atoms with Crippen LogP contribution >= 0.6 is 0 Å². The molecule has 2 rings (SSSR count). The van der Waals surface area contributed by atoms with Crippen LogP contribution in [0.25, 0.3) is 11.3 Å². The Morgan fingerprint density at radius 3 is 2.67 bits per heavy atom. The molecule has 0 saturated heterocycles. The maximum Gasteiger partial charge on any atom is 0.419 e. The second kappa shape index (κ2) is 9.18. The number of nitrogens with zero attached hydrogens (tertiary/aromatic N) is 3. The summed E-state index contributed by atoms with van der Waals surface area (Å²) in [5, 5.41) is 12.8. The molecular formula is C18H27F3N6. The molecule has 0 saturated carbocycles. The molecule has 3 N–H and O–H groups in total. The lowest BCUT2D eigenvalue weighted by atomic mass is 10.1. The maximum atomic E-state index is 13.5. The first kappa shape index (κ1) is 21.2. The van der Waals surface area contributed by atoms with Crippen molar-refractivity contribution >= 4 is 5.82 Å². The Kier molecular flexibility index (Phi) is 7.20. The van der Waals surface area contributed by atoms with E-state index in [9.17, 15) is 13.2 Å². The SMILES string of the molecule is CNCCN(C)Cc1c[nH]nc1-c1cnc(NCC(C)C)c(C(F)(F)F)c1. The molecule has 0 aliphatic heterocycles. The van der Waals surface area contributed by atoms with Gasteiger partial charge in [0.05, 0.1) is 11.3 Å². The first-order valence-electron chi connectivity index (χ1n) is 8.89. The van der Waals surface area contributed by atoms with Gasteiger partial charge in [-0.25, -0.2) is 4.98 Å². The minimum Gasteiger partial charge on any atom is -0.369 e. The summed E-state index contributed by atoms with van der Waals surface area (Å²) < 4.78 is 40.6. The first-order valence-corrected chi connectivity index (χ1v) is 8.89. The Bertz CT molecular complexity index is 726. The number of anilines is 1. The Balaban J connectivity index is 2.30. The minimum atomic E-state index is -4.50. The van der Waals surface area contributed by atoms with Gasteiger partial charge in [-0.1, -0.05) is 13.8 Å². The predicted molar refractivity (Wildman–Crippen MR) is 100 cm³/mol. The van der Waals surface area contributed by atoms with E-state index in [1.54, 1.807) is 6.20 Å². The molecule has 27 heavy (non-hydrogen) atoms. The van der Waals surface area contributed by atoms with Crippen LogP contribution in [-0.4, -0.2) is 53.8 Å². The highest BCUT2D eigenvalue weighted by Gasteiger charge is 2.35. The van der Waals surface area contributed by atoms with Crippen molar-refractivity contribution in [1.82, 2.24) is 25.4 Å². The average molecular weight is 384 g/mol. The Morgan fingerprint density at radius 1 is 1.30 bits per heavy atom. The van der Waals surface area contributed by atoms with Crippen molar-refractivity contribution in [3.63, 3.8) is 0 Å². The second-order valence-corrected chi connectivity index (χ2v) is 6.99. The molecule has 0 spiro atoms. The van der Waals surface area contributed by atoms with Crippen LogP contribution in [0.5, 0.6) is 0 Å². The molecule has 150 valence electrons. The molecule has 0 aromatic carbocycles. The molecule has 6 nitrogen and oxygen atoms in total. The van der Waals surface area contributed by atoms with Crippen LogP contribution < -0.4 is 10.6 Å². The third-order valence-corrected chi connectivity index (χ3v) is 4.05. The van der Waals surface area contributed by atoms with Gasteiger partial charge in [-0.2, -0.15) is 18.3 Å². The Labute approximate surface area is 157 Å². The lowest BCUT2D eigenvalue weighted by Crippen LogP contribution is -2.27. The molecule has 0 unspecified atom stereocenters. The Morgan fingerprint density at radius 2 is 2.04 bits per heavy atom. The van der Waals surface area contributed by atoms with E-state index in [1.165, 1.54) is 6.20 Å². The van der Waals surface area contributed by atoms with Crippen LogP contribution in [0.2, 0.25) is 0 Å². The highest BCUT2D eigenvalue weighted by molar-refractivity contribution is 5.65. The molecule has 0 aliphatic rings. The number of nitrogens with one attached hydrogen (secondary N) is 3. The normalized spacial score (nSPS) is 12.2. The molecule has 0 aliphatic carbocycles. The summed E-state index contributed by atoms with van der Waals surface area (Å²) in [6.45, 7) is 6.47. The number of likely N-dealkylation sites (N-methyl/N-ethyl adjacent to an activating group) is 2. The molecule has 0 atom stereocenters. The summed E-state index contributed by atoms with van der Waals surface area (Å²) in [4.78, 5) is 6.11. The van der Waals surface area contributed by atoms with Gasteiger partial charge in [0.25, 0.3) is 0 Å². The molecule has 0 amide bonds. The van der Waals surface area contributed by atoms with Crippen molar-refractivity contribution < 1.29 is 13.2 Å². The molecule has 0 radical (unpaired) electrons. The van der Waals surface area contributed by atoms with Gasteiger partial charge >= 0.3 is 6.18 Å². The number of aromatic amines is 1. The number of hydrogen-bond acceptors (Lipinski definition) is 5. The summed E-state index contributed by atoms with van der Waals surface area (Å²) in [6.07, 6.45) is -1.35. The van der Waals surface area contributed by atoms with Gasteiger partial charge in [0, 0.05) is 49.7 Å². The van der Waals surface area contributed by atoms with E-state index in [-0.39, 0.29) is 11.7 Å². The lowest BCUT2D eigenvalue weighted by Gasteiger charge is -2.17. The lowest BCUT2D eigenvalue weighted by molar-refractivity contribution is -0.137. The first-order chi connectivity index (χ1) is 12.7. The maximum absolute atomic E-state index is 13.5. The number of pyridine rings is 1. The quantitative estimate of drug-likeness (QED) is 0.619. The van der Waals surface area contributed by atoms with Crippen LogP contribution in [-0.2, 0) is 12.7 Å². The number of alkyl halides is 3. The fourth-order valence-corrected chi connectivity index (χ4v) is 2.61. The zero-order valence-electron chi connectivity index (χ0n) is 16.1. The van der Waals surface area contributed by atoms with Crippen LogP contribution in [0.3, 0.4) is 0 Å². The average Bonchev–Trinajstić information content (AvgIpc) is 3.05. The van der Waals surface area contributed by atoms with E-state index >= 15 is 0 Å². The third-order valence-electron chi connectivity index (χ3n) is 4.05. The largest absolute Gasteiger partial charge is 0.419 e. The highest BCUT2D eigenvalue weighted by Crippen LogP contribution is 2.36. The van der Waals surface area contributed by atoms with E-state index in [0.29, 0.717) is 24.3 Å². The molecular weight excluding hydrogens is 357 g/mol. The van der Waals surface area contributed by atoms with E-state index in [2.05, 4.69) is 30.7 Å². The van der Waals surface area contributed by atoms with Gasteiger partial charge in [0.15, 0.2) is 0 Å². The van der Waals surface area contributed by atoms with Crippen LogP contribution in [0.4, 0.5) is 19.0 Å². The van der Waals surface area contributed by atoms with Gasteiger partial charge in [-0.05, 0) is 26.1 Å². The summed E-state index contributed by atoms with van der Waals surface area (Å²) in [5.74, 6) is 0.0572. The van der Waals surface area contributed by atoms with E-state index in [1.807, 2.05) is 27.9 Å². The molecule has 2 aromatic heterocycles. The monoisotopic (exact) mass is 384 g/mol. The topological polar surface area (TPSA) is 68.9 Å². The van der Waals surface area contributed by atoms with Crippen molar-refractivity contribution in [2.45, 2.75) is 26.6 Å². The summed E-state index contributed by atoms with van der Waals surface area (Å²) >= 11 is 0. The van der Waals surface area contributed by atoms with Gasteiger partial charge < -0.3 is 15.5 Å². The zero-order valence-corrected chi connectivity index (χ0v) is 16.1. The number of hydrogen-bond donors (Lipinski definition) is 3. The fourth-order valence-electron chi connectivity index (χ4n) is 2.61. The summed E-state index contributed by atoms with van der Waals surface area (Å²) in [5.41, 5.74) is 0.875. The summed E-state index contributed by atoms with van der Waals surface area (Å²) in [6, 6.07) is 1.11. The molecule has 2 heterocycles. The number of halogens is 3. The number of H-pyrrole nitrogens is 1. The van der Waals surface area contributed by atoms with Crippen molar-refractivity contribution in [3.8, 4) is 11.3 Å². The fraction of sp³-hybridized carbons (Fsp3) is 0.556. The zero-order chi connectivity index (χ0) is 20.0. The van der Waals surface area contributed by atoms with Gasteiger partial charge in [0.1, 0.15) is 5.82 Å². The van der Waals surface area contributed by atoms with Crippen molar-refractivity contribution in [1.29, 1.82) is 0 Å². The molecule has 9 heteroatoms. The second-order valence-electron chi connectivity index (χ2n) is 6.99. The van der Waals surface area contributed by atoms with Gasteiger partial charge in [-0.15, -0.1) is 0 Å². The van der Waals surface area contributed by atoms with E-state index in [4.69, 9.17) is 0 Å². The number of rotatable bonds is 9. The standard InChI is InChI=1S/C18H27F3N6/c1-12(2)8-23-17-15(18(19,20)21)7-13(9-24-17)16-14(10-25-26-16)11-27(4)6-5-22-3/h7,9-10,12,22H,5-6,8,11H2,1-4H3,(H,23,24)(H,25,26). The summed E-state index contributed by atoms with van der Waals surface area (Å²) in [7, 11) is 3.82. The highest BCUT2D eigenvalue weighted by atomic mass is 19.4. The van der Waals surface area contributed by atoms with Gasteiger partial charge in [0.2, 0.25) is 0 Å². The van der Waals surface area contributed by atoms with Crippen molar-refractivity contribution in [2.24, 2.45) is 5.92 Å². The number of aromatic nitrogens is 3. The van der Waals surface area contributed by atoms with Crippen LogP contribution in [0.1, 0.15) is 25.0 Å². The third kappa shape index (κ3) is 5.93. The smallest absolute Gasteiger partial charge is 0.369 e. The molecule has 0 fully saturated rings. The van der Waals surface area contributed by atoms with Crippen LogP contribution in [0, 0.1) is 5.92 Å². The van der Waals surface area contributed by atoms with Crippen LogP contribution in [0.15, 0.2) is 18.5 Å². The minimum absolute atomic E-state index is 0.150. The predicted octanol–water partition coefficient (Wildman–Crippen LogP) is 3.21. The Hall–Kier alpha value is -2.13. The van der Waals surface area contributed by atoms with Crippen molar-refractivity contribution in [2.75, 3.05) is 39.0 Å². The van der Waals surface area contributed by atoms with E-state index < -0.39 is 11.7 Å².